The summed E-state index contributed by atoms with van der Waals surface area (Å²) in [6, 6.07) is -2.72. The van der Waals surface area contributed by atoms with Gasteiger partial charge in [0, 0.05) is 6.54 Å². The third-order valence-corrected chi connectivity index (χ3v) is 3.83. The Balaban J connectivity index is 4.47. The van der Waals surface area contributed by atoms with Crippen molar-refractivity contribution in [1.82, 2.24) is 10.6 Å². The predicted molar refractivity (Wildman–Crippen MR) is 94.5 cm³/mol. The summed E-state index contributed by atoms with van der Waals surface area (Å²) >= 11 is 0. The van der Waals surface area contributed by atoms with Gasteiger partial charge in [0.25, 0.3) is 0 Å². The first-order valence-corrected chi connectivity index (χ1v) is 8.24. The zero-order valence-corrected chi connectivity index (χ0v) is 15.0. The van der Waals surface area contributed by atoms with Crippen LogP contribution in [0.2, 0.25) is 0 Å². The van der Waals surface area contributed by atoms with Crippen LogP contribution in [-0.4, -0.2) is 53.5 Å². The largest absolute Gasteiger partial charge is 0.480 e. The summed E-state index contributed by atoms with van der Waals surface area (Å²) < 4.78 is 0. The van der Waals surface area contributed by atoms with E-state index < -0.39 is 35.9 Å². The van der Waals surface area contributed by atoms with Crippen molar-refractivity contribution in [2.24, 2.45) is 28.1 Å². The standard InChI is InChI=1S/C15H30N6O4/c1-4-8(2)11(14(24)25)21-12(22)9(3)20-13(23)10(16)6-5-7-19-15(17)18/h8-11H,4-7,16H2,1-3H3,(H,20,23)(H,21,22)(H,24,25)(H4,17,18,19). The summed E-state index contributed by atoms with van der Waals surface area (Å²) in [5.41, 5.74) is 16.1. The second kappa shape index (κ2) is 11.2. The number of hydrogen-bond acceptors (Lipinski definition) is 5. The lowest BCUT2D eigenvalue weighted by Gasteiger charge is -2.23. The van der Waals surface area contributed by atoms with Crippen molar-refractivity contribution in [3.05, 3.63) is 0 Å². The quantitative estimate of drug-likeness (QED) is 0.147. The number of carboxylic acid groups (broad SMARTS) is 1. The number of carbonyl (C=O) groups is 3. The molecule has 0 aliphatic heterocycles. The molecule has 0 aromatic heterocycles. The van der Waals surface area contributed by atoms with Crippen molar-refractivity contribution in [1.29, 1.82) is 0 Å². The van der Waals surface area contributed by atoms with Gasteiger partial charge in [0.15, 0.2) is 5.96 Å². The molecule has 9 N–H and O–H groups in total. The molecule has 4 atom stereocenters. The van der Waals surface area contributed by atoms with Crippen molar-refractivity contribution in [3.8, 4) is 0 Å². The summed E-state index contributed by atoms with van der Waals surface area (Å²) in [5.74, 6) is -2.45. The van der Waals surface area contributed by atoms with E-state index in [-0.39, 0.29) is 11.9 Å². The fourth-order valence-electron chi connectivity index (χ4n) is 2.00. The molecule has 0 aliphatic rings. The van der Waals surface area contributed by atoms with Gasteiger partial charge in [-0.2, -0.15) is 0 Å². The Hall–Kier alpha value is -2.36. The third kappa shape index (κ3) is 8.89. The van der Waals surface area contributed by atoms with Gasteiger partial charge < -0.3 is 32.9 Å². The number of guanidine groups is 1. The molecule has 144 valence electrons. The molecule has 10 nitrogen and oxygen atoms in total. The van der Waals surface area contributed by atoms with Crippen molar-refractivity contribution >= 4 is 23.7 Å². The van der Waals surface area contributed by atoms with Gasteiger partial charge in [-0.3, -0.25) is 14.6 Å². The van der Waals surface area contributed by atoms with Crippen LogP contribution in [0.5, 0.6) is 0 Å². The smallest absolute Gasteiger partial charge is 0.326 e. The van der Waals surface area contributed by atoms with Crippen LogP contribution in [0.25, 0.3) is 0 Å². The lowest BCUT2D eigenvalue weighted by molar-refractivity contribution is -0.143. The minimum Gasteiger partial charge on any atom is -0.480 e. The predicted octanol–water partition coefficient (Wildman–Crippen LogP) is -1.51. The number of aliphatic carboxylic acids is 1. The van der Waals surface area contributed by atoms with Gasteiger partial charge in [-0.25, -0.2) is 4.79 Å². The van der Waals surface area contributed by atoms with Crippen LogP contribution < -0.4 is 27.8 Å². The van der Waals surface area contributed by atoms with Crippen molar-refractivity contribution in [2.75, 3.05) is 6.54 Å². The number of nitrogens with zero attached hydrogens (tertiary/aromatic N) is 1. The Kier molecular flexibility index (Phi) is 10.2. The first kappa shape index (κ1) is 22.6. The zero-order chi connectivity index (χ0) is 19.6. The minimum absolute atomic E-state index is 0.0300. The molecule has 2 amide bonds. The lowest BCUT2D eigenvalue weighted by Crippen LogP contribution is -2.54. The van der Waals surface area contributed by atoms with Crippen LogP contribution in [0.15, 0.2) is 4.99 Å². The van der Waals surface area contributed by atoms with Crippen LogP contribution >= 0.6 is 0 Å². The molecule has 0 radical (unpaired) electrons. The van der Waals surface area contributed by atoms with E-state index in [2.05, 4.69) is 15.6 Å². The Morgan fingerprint density at radius 2 is 1.72 bits per heavy atom. The zero-order valence-electron chi connectivity index (χ0n) is 15.0. The van der Waals surface area contributed by atoms with Gasteiger partial charge >= 0.3 is 5.97 Å². The molecule has 0 spiro atoms. The Morgan fingerprint density at radius 1 is 1.12 bits per heavy atom. The van der Waals surface area contributed by atoms with Crippen molar-refractivity contribution in [2.45, 2.75) is 58.2 Å². The van der Waals surface area contributed by atoms with Gasteiger partial charge in [0.2, 0.25) is 11.8 Å². The first-order valence-electron chi connectivity index (χ1n) is 8.24. The highest BCUT2D eigenvalue weighted by atomic mass is 16.4. The van der Waals surface area contributed by atoms with Crippen molar-refractivity contribution < 1.29 is 19.5 Å². The molecule has 0 bridgehead atoms. The highest BCUT2D eigenvalue weighted by molar-refractivity contribution is 5.91. The first-order chi connectivity index (χ1) is 11.6. The SMILES string of the molecule is CCC(C)C(NC(=O)C(C)NC(=O)C(N)CCCN=C(N)N)C(=O)O. The van der Waals surface area contributed by atoms with Crippen molar-refractivity contribution in [3.63, 3.8) is 0 Å². The topological polar surface area (TPSA) is 186 Å². The van der Waals surface area contributed by atoms with Gasteiger partial charge in [0.1, 0.15) is 12.1 Å². The lowest BCUT2D eigenvalue weighted by atomic mass is 9.99. The van der Waals surface area contributed by atoms with E-state index in [1.165, 1.54) is 6.92 Å². The molecule has 4 unspecified atom stereocenters. The molecule has 0 aliphatic carbocycles. The molecular weight excluding hydrogens is 328 g/mol. The van der Waals surface area contributed by atoms with Gasteiger partial charge in [-0.1, -0.05) is 20.3 Å². The minimum atomic E-state index is -1.11. The summed E-state index contributed by atoms with van der Waals surface area (Å²) in [6.07, 6.45) is 1.46. The van der Waals surface area contributed by atoms with Crippen LogP contribution in [0.4, 0.5) is 0 Å². The second-order valence-electron chi connectivity index (χ2n) is 6.00. The second-order valence-corrected chi connectivity index (χ2v) is 6.00. The summed E-state index contributed by atoms with van der Waals surface area (Å²) in [4.78, 5) is 39.1. The van der Waals surface area contributed by atoms with Crippen LogP contribution in [0, 0.1) is 5.92 Å². The number of rotatable bonds is 11. The molecule has 10 heteroatoms. The monoisotopic (exact) mass is 358 g/mol. The van der Waals surface area contributed by atoms with E-state index in [1.54, 1.807) is 6.92 Å². The summed E-state index contributed by atoms with van der Waals surface area (Å²) in [5, 5.41) is 14.1. The van der Waals surface area contributed by atoms with E-state index in [4.69, 9.17) is 17.2 Å². The average Bonchev–Trinajstić information content (AvgIpc) is 2.54. The highest BCUT2D eigenvalue weighted by Gasteiger charge is 2.28. The fourth-order valence-corrected chi connectivity index (χ4v) is 2.00. The normalized spacial score (nSPS) is 15.4. The average molecular weight is 358 g/mol. The molecule has 0 heterocycles. The van der Waals surface area contributed by atoms with E-state index >= 15 is 0 Å². The number of nitrogens with two attached hydrogens (primary N) is 3. The number of aliphatic imine (C=N–C) groups is 1. The third-order valence-electron chi connectivity index (χ3n) is 3.83. The number of amides is 2. The number of carbonyl (C=O) groups excluding carboxylic acids is 2. The van der Waals surface area contributed by atoms with Crippen LogP contribution in [0.3, 0.4) is 0 Å². The van der Waals surface area contributed by atoms with E-state index in [0.717, 1.165) is 0 Å². The molecule has 0 fully saturated rings. The summed E-state index contributed by atoms with van der Waals surface area (Å²) in [6.45, 7) is 5.39. The summed E-state index contributed by atoms with van der Waals surface area (Å²) in [7, 11) is 0. The molecule has 0 aromatic rings. The maximum Gasteiger partial charge on any atom is 0.326 e. The molecule has 0 saturated heterocycles. The number of carboxylic acids is 1. The number of nitrogens with one attached hydrogen (secondary N) is 2. The highest BCUT2D eigenvalue weighted by Crippen LogP contribution is 2.08. The Labute approximate surface area is 147 Å². The van der Waals surface area contributed by atoms with Gasteiger partial charge in [-0.15, -0.1) is 0 Å². The maximum absolute atomic E-state index is 12.1. The Bertz CT molecular complexity index is 492. The molecular formula is C15H30N6O4. The molecule has 0 rings (SSSR count). The van der Waals surface area contributed by atoms with E-state index in [1.807, 2.05) is 6.92 Å². The maximum atomic E-state index is 12.1. The number of hydrogen-bond donors (Lipinski definition) is 6. The van der Waals surface area contributed by atoms with Gasteiger partial charge in [0.05, 0.1) is 6.04 Å². The van der Waals surface area contributed by atoms with E-state index in [9.17, 15) is 19.5 Å². The van der Waals surface area contributed by atoms with E-state index in [0.29, 0.717) is 25.8 Å². The fraction of sp³-hybridized carbons (Fsp3) is 0.733. The molecule has 25 heavy (non-hydrogen) atoms. The Morgan fingerprint density at radius 3 is 2.20 bits per heavy atom. The molecule has 0 saturated carbocycles. The van der Waals surface area contributed by atoms with Gasteiger partial charge in [-0.05, 0) is 25.7 Å². The van der Waals surface area contributed by atoms with Crippen LogP contribution in [0.1, 0.15) is 40.0 Å². The molecule has 0 aromatic carbocycles. The van der Waals surface area contributed by atoms with Crippen LogP contribution in [-0.2, 0) is 14.4 Å².